The number of anilines is 1. The molecule has 0 aromatic heterocycles. The van der Waals surface area contributed by atoms with Crippen molar-refractivity contribution in [2.75, 3.05) is 11.9 Å². The molecule has 3 rings (SSSR count). The summed E-state index contributed by atoms with van der Waals surface area (Å²) in [7, 11) is 1.47. The average molecular weight is 293 g/mol. The summed E-state index contributed by atoms with van der Waals surface area (Å²) >= 11 is 0. The number of hydrogen-bond donors (Lipinski definition) is 0. The summed E-state index contributed by atoms with van der Waals surface area (Å²) < 4.78 is 41.1. The molecule has 1 heterocycles. The predicted molar refractivity (Wildman–Crippen MR) is 72.8 cm³/mol. The zero-order valence-electron chi connectivity index (χ0n) is 11.5. The minimum absolute atomic E-state index is 0.0175. The van der Waals surface area contributed by atoms with Crippen molar-refractivity contribution in [1.29, 1.82) is 0 Å². The molecule has 1 saturated carbocycles. The number of halogens is 3. The van der Waals surface area contributed by atoms with Gasteiger partial charge >= 0.3 is 0 Å². The maximum Gasteiger partial charge on any atom is 0.248 e. The fourth-order valence-corrected chi connectivity index (χ4v) is 3.45. The van der Waals surface area contributed by atoms with Gasteiger partial charge < -0.3 is 4.90 Å². The third kappa shape index (κ3) is 1.85. The number of nitrogens with zero attached hydrogens (tertiary/aromatic N) is 1. The molecule has 1 amide bonds. The van der Waals surface area contributed by atoms with Crippen LogP contribution in [0.2, 0.25) is 0 Å². The van der Waals surface area contributed by atoms with Crippen LogP contribution in [-0.2, 0) is 10.2 Å². The van der Waals surface area contributed by atoms with Crippen LogP contribution in [0.3, 0.4) is 0 Å². The van der Waals surface area contributed by atoms with Crippen molar-refractivity contribution < 1.29 is 18.0 Å². The highest BCUT2D eigenvalue weighted by Crippen LogP contribution is 2.53. The molecule has 1 fully saturated rings. The summed E-state index contributed by atoms with van der Waals surface area (Å²) in [5.41, 5.74) is -0.104. The van der Waals surface area contributed by atoms with Gasteiger partial charge in [-0.2, -0.15) is 0 Å². The highest BCUT2D eigenvalue weighted by molar-refractivity contribution is 6.08. The molecule has 1 aromatic carbocycles. The average Bonchev–Trinajstić information content (AvgIpc) is 2.65. The Morgan fingerprint density at radius 3 is 2.43 bits per heavy atom. The predicted octanol–water partition coefficient (Wildman–Crippen LogP) is 3.23. The van der Waals surface area contributed by atoms with Crippen LogP contribution in [0.4, 0.5) is 18.9 Å². The van der Waals surface area contributed by atoms with E-state index in [1.54, 1.807) is 6.07 Å². The monoisotopic (exact) mass is 293 g/mol. The van der Waals surface area contributed by atoms with Crippen molar-refractivity contribution in [3.8, 4) is 12.3 Å². The minimum atomic E-state index is -2.75. The van der Waals surface area contributed by atoms with Crippen molar-refractivity contribution in [3.05, 3.63) is 29.1 Å². The van der Waals surface area contributed by atoms with Gasteiger partial charge in [0.2, 0.25) is 11.8 Å². The number of amides is 1. The Bertz CT molecular complexity index is 665. The fraction of sp³-hybridized carbons (Fsp3) is 0.438. The van der Waals surface area contributed by atoms with Gasteiger partial charge in [-0.1, -0.05) is 5.92 Å². The molecule has 0 N–H and O–H groups in total. The van der Waals surface area contributed by atoms with Crippen molar-refractivity contribution in [2.24, 2.45) is 0 Å². The van der Waals surface area contributed by atoms with E-state index in [-0.39, 0.29) is 37.3 Å². The second-order valence-corrected chi connectivity index (χ2v) is 5.80. The fourth-order valence-electron chi connectivity index (χ4n) is 3.45. The first-order chi connectivity index (χ1) is 9.81. The van der Waals surface area contributed by atoms with E-state index in [9.17, 15) is 18.0 Å². The lowest BCUT2D eigenvalue weighted by Crippen LogP contribution is -2.44. The number of fused-ring (bicyclic) bond motifs is 2. The molecule has 1 aliphatic carbocycles. The van der Waals surface area contributed by atoms with Gasteiger partial charge in [0.15, 0.2) is 0 Å². The third-order valence-corrected chi connectivity index (χ3v) is 4.63. The van der Waals surface area contributed by atoms with Crippen LogP contribution in [0.1, 0.15) is 36.8 Å². The van der Waals surface area contributed by atoms with E-state index in [4.69, 9.17) is 6.42 Å². The minimum Gasteiger partial charge on any atom is -0.312 e. The molecule has 0 radical (unpaired) electrons. The number of likely N-dealkylation sites (N-methyl/N-ethyl adjacent to an activating group) is 1. The Hall–Kier alpha value is -1.96. The van der Waals surface area contributed by atoms with Crippen molar-refractivity contribution in [1.82, 2.24) is 0 Å². The molecular weight excluding hydrogens is 279 g/mol. The van der Waals surface area contributed by atoms with E-state index in [0.717, 1.165) is 0 Å². The van der Waals surface area contributed by atoms with E-state index in [1.165, 1.54) is 18.0 Å². The van der Waals surface area contributed by atoms with Gasteiger partial charge in [0, 0.05) is 25.5 Å². The van der Waals surface area contributed by atoms with Crippen LogP contribution >= 0.6 is 0 Å². The maximum atomic E-state index is 14.2. The number of carbonyl (C=O) groups is 1. The largest absolute Gasteiger partial charge is 0.312 e. The topological polar surface area (TPSA) is 20.3 Å². The van der Waals surface area contributed by atoms with Crippen molar-refractivity contribution >= 4 is 11.6 Å². The Morgan fingerprint density at radius 2 is 1.86 bits per heavy atom. The van der Waals surface area contributed by atoms with E-state index < -0.39 is 17.2 Å². The zero-order valence-corrected chi connectivity index (χ0v) is 11.5. The van der Waals surface area contributed by atoms with Crippen molar-refractivity contribution in [2.45, 2.75) is 37.0 Å². The quantitative estimate of drug-likeness (QED) is 0.673. The molecule has 0 atom stereocenters. The Kier molecular flexibility index (Phi) is 2.84. The summed E-state index contributed by atoms with van der Waals surface area (Å²) in [5.74, 6) is -1.30. The van der Waals surface area contributed by atoms with E-state index in [2.05, 4.69) is 5.92 Å². The number of alkyl halides is 2. The Labute approximate surface area is 120 Å². The third-order valence-electron chi connectivity index (χ3n) is 4.63. The van der Waals surface area contributed by atoms with Crippen LogP contribution in [0.25, 0.3) is 0 Å². The number of rotatable bonds is 0. The van der Waals surface area contributed by atoms with Crippen molar-refractivity contribution in [3.63, 3.8) is 0 Å². The van der Waals surface area contributed by atoms with Crippen LogP contribution in [-0.4, -0.2) is 18.9 Å². The zero-order chi connectivity index (χ0) is 15.4. The van der Waals surface area contributed by atoms with E-state index in [1.807, 2.05) is 0 Å². The Morgan fingerprint density at radius 1 is 1.24 bits per heavy atom. The van der Waals surface area contributed by atoms with Gasteiger partial charge in [0.1, 0.15) is 5.82 Å². The summed E-state index contributed by atoms with van der Waals surface area (Å²) in [6.45, 7) is 0. The van der Waals surface area contributed by atoms with E-state index in [0.29, 0.717) is 11.1 Å². The summed E-state index contributed by atoms with van der Waals surface area (Å²) in [5, 5.41) is 0. The highest BCUT2D eigenvalue weighted by atomic mass is 19.3. The molecule has 21 heavy (non-hydrogen) atoms. The van der Waals surface area contributed by atoms with E-state index >= 15 is 0 Å². The SMILES string of the molecule is C#Cc1cc(F)c2c(c1)C1(CCC(F)(F)CC1)C(=O)N2C. The molecule has 0 saturated heterocycles. The van der Waals surface area contributed by atoms with Gasteiger partial charge in [-0.05, 0) is 30.5 Å². The van der Waals surface area contributed by atoms with Crippen LogP contribution < -0.4 is 4.90 Å². The number of terminal acetylenes is 1. The first-order valence-electron chi connectivity index (χ1n) is 6.77. The molecule has 1 aromatic rings. The molecular formula is C16H14F3NO. The molecule has 0 bridgehead atoms. The summed E-state index contributed by atoms with van der Waals surface area (Å²) in [6, 6.07) is 2.78. The lowest BCUT2D eigenvalue weighted by Gasteiger charge is -2.36. The van der Waals surface area contributed by atoms with Crippen LogP contribution in [0.5, 0.6) is 0 Å². The molecule has 1 spiro atoms. The summed E-state index contributed by atoms with van der Waals surface area (Å²) in [4.78, 5) is 13.8. The number of carbonyl (C=O) groups excluding carboxylic acids is 1. The van der Waals surface area contributed by atoms with Gasteiger partial charge in [-0.15, -0.1) is 6.42 Å². The van der Waals surface area contributed by atoms with Gasteiger partial charge in [0.25, 0.3) is 0 Å². The lowest BCUT2D eigenvalue weighted by molar-refractivity contribution is -0.127. The maximum absolute atomic E-state index is 14.2. The molecule has 2 aliphatic rings. The molecule has 2 nitrogen and oxygen atoms in total. The van der Waals surface area contributed by atoms with Crippen LogP contribution in [0.15, 0.2) is 12.1 Å². The first-order valence-corrected chi connectivity index (χ1v) is 6.77. The Balaban J connectivity index is 2.16. The molecule has 110 valence electrons. The van der Waals surface area contributed by atoms with Gasteiger partial charge in [-0.25, -0.2) is 13.2 Å². The van der Waals surface area contributed by atoms with Gasteiger partial charge in [0.05, 0.1) is 11.1 Å². The second-order valence-electron chi connectivity index (χ2n) is 5.80. The first kappa shape index (κ1) is 14.0. The normalized spacial score (nSPS) is 22.2. The second kappa shape index (κ2) is 4.27. The lowest BCUT2D eigenvalue weighted by atomic mass is 9.69. The number of hydrogen-bond acceptors (Lipinski definition) is 1. The number of benzene rings is 1. The molecule has 0 unspecified atom stereocenters. The van der Waals surface area contributed by atoms with Gasteiger partial charge in [-0.3, -0.25) is 4.79 Å². The standard InChI is InChI=1S/C16H14F3NO/c1-3-10-8-11-13(12(17)9-10)20(2)14(21)15(11)4-6-16(18,19)7-5-15/h1,8-9H,4-7H2,2H3. The molecule has 5 heteroatoms. The molecule has 1 aliphatic heterocycles. The smallest absolute Gasteiger partial charge is 0.248 e. The summed E-state index contributed by atoms with van der Waals surface area (Å²) in [6.07, 6.45) is 4.61. The van der Waals surface area contributed by atoms with Crippen LogP contribution in [0, 0.1) is 18.2 Å². The highest BCUT2D eigenvalue weighted by Gasteiger charge is 2.55.